The van der Waals surface area contributed by atoms with E-state index < -0.39 is 23.4 Å². The van der Waals surface area contributed by atoms with E-state index in [1.54, 1.807) is 31.7 Å². The standard InChI is InChI=1S/C32H41F3N4O5S/c1-31(2,3)44-30(42)36-27-25(19-26(45-27)21-6-8-23(9-7-21)32(33,34)35)29(41)37-13-10-24(11-14-37)39-12-4-5-22(20-39)28(40)38-15-17-43-18-16-38/h6-9,19,22,24H,4-5,10-18,20H2,1-3H3,(H,36,42)/t22-/m1/s1. The molecule has 4 heterocycles. The molecule has 0 aliphatic carbocycles. The van der Waals surface area contributed by atoms with Gasteiger partial charge in [-0.2, -0.15) is 13.2 Å². The molecule has 0 bridgehead atoms. The Morgan fingerprint density at radius 3 is 2.22 bits per heavy atom. The lowest BCUT2D eigenvalue weighted by Crippen LogP contribution is -2.53. The minimum atomic E-state index is -4.46. The van der Waals surface area contributed by atoms with E-state index >= 15 is 0 Å². The molecule has 2 aromatic rings. The van der Waals surface area contributed by atoms with E-state index in [1.165, 1.54) is 12.1 Å². The van der Waals surface area contributed by atoms with Crippen LogP contribution in [-0.4, -0.2) is 96.7 Å². The number of nitrogens with one attached hydrogen (secondary N) is 1. The molecular formula is C32H41F3N4O5S. The predicted molar refractivity (Wildman–Crippen MR) is 165 cm³/mol. The number of carbonyl (C=O) groups excluding carboxylic acids is 3. The molecule has 45 heavy (non-hydrogen) atoms. The fourth-order valence-electron chi connectivity index (χ4n) is 6.19. The van der Waals surface area contributed by atoms with Gasteiger partial charge < -0.3 is 19.3 Å². The van der Waals surface area contributed by atoms with Crippen molar-refractivity contribution in [2.45, 2.75) is 64.3 Å². The number of amides is 3. The van der Waals surface area contributed by atoms with Gasteiger partial charge in [-0.15, -0.1) is 11.3 Å². The smallest absolute Gasteiger partial charge is 0.416 e. The van der Waals surface area contributed by atoms with Gasteiger partial charge in [0.1, 0.15) is 10.6 Å². The topological polar surface area (TPSA) is 91.4 Å². The maximum Gasteiger partial charge on any atom is 0.416 e. The van der Waals surface area contributed by atoms with Crippen molar-refractivity contribution >= 4 is 34.2 Å². The number of rotatable bonds is 5. The highest BCUT2D eigenvalue weighted by Crippen LogP contribution is 2.38. The Balaban J connectivity index is 1.27. The van der Waals surface area contributed by atoms with Crippen molar-refractivity contribution in [2.75, 3.05) is 57.8 Å². The highest BCUT2D eigenvalue weighted by molar-refractivity contribution is 7.20. The summed E-state index contributed by atoms with van der Waals surface area (Å²) in [6.07, 6.45) is -1.82. The molecule has 1 N–H and O–H groups in total. The molecule has 0 radical (unpaired) electrons. The van der Waals surface area contributed by atoms with E-state index in [-0.39, 0.29) is 34.3 Å². The van der Waals surface area contributed by atoms with Crippen LogP contribution in [0.1, 0.15) is 62.4 Å². The molecule has 3 fully saturated rings. The van der Waals surface area contributed by atoms with Gasteiger partial charge in [0.05, 0.1) is 30.3 Å². The molecule has 1 aromatic carbocycles. The van der Waals surface area contributed by atoms with Gasteiger partial charge in [0, 0.05) is 43.6 Å². The van der Waals surface area contributed by atoms with Crippen molar-refractivity contribution in [3.05, 3.63) is 41.5 Å². The number of anilines is 1. The van der Waals surface area contributed by atoms with Gasteiger partial charge in [-0.1, -0.05) is 12.1 Å². The number of benzene rings is 1. The van der Waals surface area contributed by atoms with Crippen molar-refractivity contribution in [1.29, 1.82) is 0 Å². The van der Waals surface area contributed by atoms with Gasteiger partial charge in [-0.3, -0.25) is 19.8 Å². The number of thiophene rings is 1. The van der Waals surface area contributed by atoms with Crippen molar-refractivity contribution in [1.82, 2.24) is 14.7 Å². The normalized spacial score (nSPS) is 20.6. The first-order valence-corrected chi connectivity index (χ1v) is 16.3. The summed E-state index contributed by atoms with van der Waals surface area (Å²) in [7, 11) is 0. The van der Waals surface area contributed by atoms with Crippen LogP contribution in [-0.2, 0) is 20.4 Å². The second-order valence-corrected chi connectivity index (χ2v) is 13.9. The number of hydrogen-bond donors (Lipinski definition) is 1. The zero-order valence-electron chi connectivity index (χ0n) is 26.0. The molecule has 3 amide bonds. The van der Waals surface area contributed by atoms with Crippen molar-refractivity contribution in [3.8, 4) is 10.4 Å². The Kier molecular flexibility index (Phi) is 10.1. The predicted octanol–water partition coefficient (Wildman–Crippen LogP) is 5.96. The summed E-state index contributed by atoms with van der Waals surface area (Å²) in [4.78, 5) is 46.3. The summed E-state index contributed by atoms with van der Waals surface area (Å²) in [6, 6.07) is 6.62. The number of morpholine rings is 1. The van der Waals surface area contributed by atoms with Gasteiger partial charge in [-0.05, 0) is 76.8 Å². The molecule has 0 spiro atoms. The Morgan fingerprint density at radius 2 is 1.60 bits per heavy atom. The fourth-order valence-corrected chi connectivity index (χ4v) is 7.23. The van der Waals surface area contributed by atoms with Gasteiger partial charge in [-0.25, -0.2) is 4.79 Å². The third-order valence-corrected chi connectivity index (χ3v) is 9.57. The lowest BCUT2D eigenvalue weighted by molar-refractivity contribution is -0.142. The number of halogens is 3. The fraction of sp³-hybridized carbons (Fsp3) is 0.594. The second kappa shape index (κ2) is 13.7. The van der Waals surface area contributed by atoms with Crippen LogP contribution in [0.4, 0.5) is 23.0 Å². The number of ether oxygens (including phenoxy) is 2. The van der Waals surface area contributed by atoms with Crippen molar-refractivity contribution in [3.63, 3.8) is 0 Å². The SMILES string of the molecule is CC(C)(C)OC(=O)Nc1sc(-c2ccc(C(F)(F)F)cc2)cc1C(=O)N1CCC(N2CCC[C@@H](C(=O)N3CCOCC3)C2)CC1. The highest BCUT2D eigenvalue weighted by atomic mass is 32.1. The molecule has 1 atom stereocenters. The number of piperidine rings is 2. The molecule has 1 aromatic heterocycles. The number of nitrogens with zero attached hydrogens (tertiary/aromatic N) is 3. The maximum absolute atomic E-state index is 13.8. The van der Waals surface area contributed by atoms with Crippen molar-refractivity contribution < 1.29 is 37.0 Å². The molecule has 3 aliphatic heterocycles. The molecule has 0 unspecified atom stereocenters. The first-order chi connectivity index (χ1) is 21.3. The Bertz CT molecular complexity index is 1360. The molecular weight excluding hydrogens is 609 g/mol. The summed E-state index contributed by atoms with van der Waals surface area (Å²) in [5, 5.41) is 2.98. The summed E-state index contributed by atoms with van der Waals surface area (Å²) in [6.45, 7) is 10.3. The van der Waals surface area contributed by atoms with Crippen LogP contribution in [0.3, 0.4) is 0 Å². The van der Waals surface area contributed by atoms with Crippen LogP contribution >= 0.6 is 11.3 Å². The molecule has 246 valence electrons. The summed E-state index contributed by atoms with van der Waals surface area (Å²) in [5.74, 6) is -0.0673. The van der Waals surface area contributed by atoms with Gasteiger partial charge in [0.15, 0.2) is 0 Å². The summed E-state index contributed by atoms with van der Waals surface area (Å²) >= 11 is 1.12. The van der Waals surface area contributed by atoms with E-state index in [0.717, 1.165) is 62.2 Å². The Hall–Kier alpha value is -3.16. The second-order valence-electron chi connectivity index (χ2n) is 12.9. The Labute approximate surface area is 265 Å². The molecule has 3 aliphatic rings. The number of alkyl halides is 3. The Morgan fingerprint density at radius 1 is 0.933 bits per heavy atom. The van der Waals surface area contributed by atoms with Crippen LogP contribution < -0.4 is 5.32 Å². The largest absolute Gasteiger partial charge is 0.444 e. The summed E-state index contributed by atoms with van der Waals surface area (Å²) in [5.41, 5.74) is -0.749. The maximum atomic E-state index is 13.8. The average Bonchev–Trinajstić information content (AvgIpc) is 3.43. The van der Waals surface area contributed by atoms with E-state index in [1.807, 2.05) is 4.90 Å². The molecule has 0 saturated carbocycles. The average molecular weight is 651 g/mol. The van der Waals surface area contributed by atoms with Crippen LogP contribution in [0.15, 0.2) is 30.3 Å². The van der Waals surface area contributed by atoms with Crippen LogP contribution in [0.25, 0.3) is 10.4 Å². The zero-order valence-corrected chi connectivity index (χ0v) is 26.8. The van der Waals surface area contributed by atoms with E-state index in [2.05, 4.69) is 10.2 Å². The third-order valence-electron chi connectivity index (χ3n) is 8.47. The zero-order chi connectivity index (χ0) is 32.4. The molecule has 5 rings (SSSR count). The number of likely N-dealkylation sites (tertiary alicyclic amines) is 2. The third kappa shape index (κ3) is 8.36. The van der Waals surface area contributed by atoms with Gasteiger partial charge in [0.25, 0.3) is 5.91 Å². The van der Waals surface area contributed by atoms with Crippen LogP contribution in [0.5, 0.6) is 0 Å². The molecule has 9 nitrogen and oxygen atoms in total. The first kappa shape index (κ1) is 33.2. The molecule has 3 saturated heterocycles. The lowest BCUT2D eigenvalue weighted by Gasteiger charge is -2.43. The summed E-state index contributed by atoms with van der Waals surface area (Å²) < 4.78 is 50.2. The number of hydrogen-bond acceptors (Lipinski definition) is 7. The van der Waals surface area contributed by atoms with Crippen LogP contribution in [0, 0.1) is 5.92 Å². The monoisotopic (exact) mass is 650 g/mol. The van der Waals surface area contributed by atoms with E-state index in [4.69, 9.17) is 9.47 Å². The quantitative estimate of drug-likeness (QED) is 0.430. The molecule has 13 heteroatoms. The van der Waals surface area contributed by atoms with Gasteiger partial charge >= 0.3 is 12.3 Å². The van der Waals surface area contributed by atoms with E-state index in [0.29, 0.717) is 49.8 Å². The minimum absolute atomic E-state index is 0.0209. The number of carbonyl (C=O) groups is 3. The van der Waals surface area contributed by atoms with Gasteiger partial charge in [0.2, 0.25) is 5.91 Å². The lowest BCUT2D eigenvalue weighted by atomic mass is 9.92. The highest BCUT2D eigenvalue weighted by Gasteiger charge is 2.36. The van der Waals surface area contributed by atoms with E-state index in [9.17, 15) is 27.6 Å². The van der Waals surface area contributed by atoms with Crippen LogP contribution in [0.2, 0.25) is 0 Å². The first-order valence-electron chi connectivity index (χ1n) is 15.5. The minimum Gasteiger partial charge on any atom is -0.444 e. The van der Waals surface area contributed by atoms with Crippen molar-refractivity contribution in [2.24, 2.45) is 5.92 Å².